The van der Waals surface area contributed by atoms with E-state index in [1.165, 1.54) is 7.11 Å². The van der Waals surface area contributed by atoms with E-state index in [0.717, 1.165) is 36.1 Å². The molecule has 0 aromatic carbocycles. The van der Waals surface area contributed by atoms with Crippen LogP contribution >= 0.6 is 0 Å². The highest BCUT2D eigenvalue weighted by molar-refractivity contribution is 5.94. The van der Waals surface area contributed by atoms with Crippen molar-refractivity contribution in [3.05, 3.63) is 33.1 Å². The summed E-state index contributed by atoms with van der Waals surface area (Å²) >= 11 is 0. The lowest BCUT2D eigenvalue weighted by Crippen LogP contribution is -2.66. The SMILES string of the molecule is CO[C@H]1[C@H](OC(C(NCCCNC(=O)C(NC(=O)C(NC(=O)NC(C(=O)O)C(C)C)C2CCN=C(N)N2)C(OC(=O)CCCCCC(C)C)C(C)C)C(=O)O)C2O[C@@H](n3ccc(=O)[nH]c3=O)C(O)C2O)O[C@H](CN)[C@H]1O. The van der Waals surface area contributed by atoms with Crippen LogP contribution in [0.25, 0.3) is 0 Å². The van der Waals surface area contributed by atoms with Crippen molar-refractivity contribution in [3.63, 3.8) is 0 Å². The second-order valence-corrected chi connectivity index (χ2v) is 20.1. The average Bonchev–Trinajstić information content (AvgIpc) is 3.82. The molecule has 4 rings (SSSR count). The molecule has 3 aliphatic heterocycles. The molecule has 0 aliphatic carbocycles. The van der Waals surface area contributed by atoms with Crippen LogP contribution in [0, 0.1) is 17.8 Å². The third-order valence-corrected chi connectivity index (χ3v) is 13.2. The molecule has 10 unspecified atom stereocenters. The highest BCUT2D eigenvalue weighted by Crippen LogP contribution is 2.35. The number of carbonyl (C=O) groups is 6. The standard InChI is InChI=1S/C47H79N11O18/c1-21(2)12-9-8-10-13-27(60)74-35(23(5)6)30(55-40(65)29(24-14-18-52-45(49)53-24)57-46(70)56-28(22(3)4)42(66)67)39(64)51-17-11-16-50-31(43(68)69)36(76-44-38(72-7)32(61)25(20-48)73-44)37-33(62)34(63)41(75-37)58-19-15-26(59)54-47(58)71/h15,19,21-25,28-38,41,44,50,61-63H,8-14,16-18,20,48H2,1-7H3,(H,51,64)(H,55,65)(H,66,67)(H,68,69)(H3,49,52,53)(H,54,59,71)(H2,56,57,70)/t24?,25-,28?,29?,30?,31?,32-,33?,34?,35?,36?,37?,38-,41-,44+/m1/s1. The molecule has 2 fully saturated rings. The lowest BCUT2D eigenvalue weighted by Gasteiger charge is -2.34. The van der Waals surface area contributed by atoms with Crippen molar-refractivity contribution in [3.8, 4) is 0 Å². The maximum Gasteiger partial charge on any atom is 0.330 e. The summed E-state index contributed by atoms with van der Waals surface area (Å²) in [6.07, 6.45) is -11.2. The van der Waals surface area contributed by atoms with Crippen LogP contribution in [0.1, 0.15) is 92.7 Å². The van der Waals surface area contributed by atoms with Gasteiger partial charge in [-0.25, -0.2) is 14.4 Å². The number of aliphatic hydroxyl groups is 3. The smallest absolute Gasteiger partial charge is 0.330 e. The molecular formula is C47H79N11O18. The van der Waals surface area contributed by atoms with Crippen LogP contribution in [-0.4, -0.2) is 195 Å². The Labute approximate surface area is 438 Å². The Bertz CT molecular complexity index is 2250. The summed E-state index contributed by atoms with van der Waals surface area (Å²) in [4.78, 5) is 111. The Kier molecular flexibility index (Phi) is 24.5. The topological polar surface area (TPSA) is 441 Å². The van der Waals surface area contributed by atoms with Gasteiger partial charge in [0, 0.05) is 45.4 Å². The zero-order valence-electron chi connectivity index (χ0n) is 43.9. The summed E-state index contributed by atoms with van der Waals surface area (Å²) in [7, 11) is 1.23. The molecule has 4 heterocycles. The number of nitrogens with zero attached hydrogens (tertiary/aromatic N) is 2. The third kappa shape index (κ3) is 17.4. The Balaban J connectivity index is 1.59. The van der Waals surface area contributed by atoms with Gasteiger partial charge in [-0.2, -0.15) is 0 Å². The number of carboxylic acids is 2. The van der Waals surface area contributed by atoms with Gasteiger partial charge in [0.1, 0.15) is 73.0 Å². The number of methoxy groups -OCH3 is 1. The van der Waals surface area contributed by atoms with Crippen molar-refractivity contribution in [2.45, 2.75) is 178 Å². The third-order valence-electron chi connectivity index (χ3n) is 13.2. The lowest BCUT2D eigenvalue weighted by atomic mass is 9.96. The number of aliphatic carboxylic acids is 2. The molecule has 29 heteroatoms. The molecular weight excluding hydrogens is 1010 g/mol. The van der Waals surface area contributed by atoms with Crippen LogP contribution in [0.2, 0.25) is 0 Å². The van der Waals surface area contributed by atoms with Crippen molar-refractivity contribution >= 4 is 41.7 Å². The summed E-state index contributed by atoms with van der Waals surface area (Å²) in [6.45, 7) is 10.2. The number of aromatic amines is 1. The van der Waals surface area contributed by atoms with E-state index in [9.17, 15) is 63.9 Å². The number of hydrogen-bond acceptors (Lipinski definition) is 21. The van der Waals surface area contributed by atoms with E-state index >= 15 is 0 Å². The first-order valence-electron chi connectivity index (χ1n) is 25.5. The van der Waals surface area contributed by atoms with Crippen LogP contribution in [0.4, 0.5) is 4.79 Å². The van der Waals surface area contributed by atoms with Crippen molar-refractivity contribution in [1.82, 2.24) is 41.5 Å². The van der Waals surface area contributed by atoms with Crippen molar-refractivity contribution in [2.24, 2.45) is 34.2 Å². The van der Waals surface area contributed by atoms with Gasteiger partial charge in [0.15, 0.2) is 18.5 Å². The molecule has 1 aromatic rings. The second-order valence-electron chi connectivity index (χ2n) is 20.1. The lowest BCUT2D eigenvalue weighted by molar-refractivity contribution is -0.231. The number of esters is 1. The first-order chi connectivity index (χ1) is 35.9. The fourth-order valence-electron chi connectivity index (χ4n) is 8.99. The number of aliphatic hydroxyl groups excluding tert-OH is 3. The second kappa shape index (κ2) is 29.7. The van der Waals surface area contributed by atoms with Crippen LogP contribution in [-0.2, 0) is 47.7 Å². The quantitative estimate of drug-likeness (QED) is 0.0260. The molecule has 76 heavy (non-hydrogen) atoms. The van der Waals surface area contributed by atoms with E-state index in [0.29, 0.717) is 12.3 Å². The minimum absolute atomic E-state index is 0.0155. The maximum absolute atomic E-state index is 14.4. The van der Waals surface area contributed by atoms with E-state index in [2.05, 4.69) is 50.7 Å². The van der Waals surface area contributed by atoms with E-state index in [4.69, 9.17) is 35.2 Å². The first-order valence-corrected chi connectivity index (χ1v) is 25.5. The summed E-state index contributed by atoms with van der Waals surface area (Å²) < 4.78 is 29.9. The van der Waals surface area contributed by atoms with Crippen molar-refractivity contribution in [2.75, 3.05) is 33.3 Å². The normalized spacial score (nSPS) is 25.9. The Morgan fingerprint density at radius 1 is 0.855 bits per heavy atom. The summed E-state index contributed by atoms with van der Waals surface area (Å²) in [5.74, 6) is -6.04. The molecule has 430 valence electrons. The van der Waals surface area contributed by atoms with Gasteiger partial charge in [-0.15, -0.1) is 0 Å². The van der Waals surface area contributed by atoms with Gasteiger partial charge in [-0.05, 0) is 43.6 Å². The molecule has 3 aliphatic rings. The van der Waals surface area contributed by atoms with Crippen LogP contribution in [0.3, 0.4) is 0 Å². The number of carbonyl (C=O) groups excluding carboxylic acids is 4. The van der Waals surface area contributed by atoms with Gasteiger partial charge in [-0.3, -0.25) is 38.5 Å². The Morgan fingerprint density at radius 3 is 2.14 bits per heavy atom. The largest absolute Gasteiger partial charge is 0.480 e. The number of amides is 4. The molecule has 29 nitrogen and oxygen atoms in total. The maximum atomic E-state index is 14.4. The first kappa shape index (κ1) is 62.7. The molecule has 2 saturated heterocycles. The average molecular weight is 1090 g/mol. The molecule has 0 saturated carbocycles. The number of guanidine groups is 1. The van der Waals surface area contributed by atoms with E-state index in [1.807, 2.05) is 4.98 Å². The van der Waals surface area contributed by atoms with Crippen LogP contribution in [0.15, 0.2) is 26.8 Å². The number of carboxylic acid groups (broad SMARTS) is 2. The van der Waals surface area contributed by atoms with Gasteiger partial charge in [0.25, 0.3) is 5.56 Å². The summed E-state index contributed by atoms with van der Waals surface area (Å²) in [5.41, 5.74) is 9.95. The number of nitrogens with two attached hydrogens (primary N) is 2. The number of rotatable bonds is 30. The number of hydrogen-bond donors (Lipinski definition) is 14. The molecule has 0 bridgehead atoms. The van der Waals surface area contributed by atoms with Gasteiger partial charge in [0.2, 0.25) is 11.8 Å². The number of H-pyrrole nitrogens is 1. The predicted octanol–water partition coefficient (Wildman–Crippen LogP) is -3.74. The number of urea groups is 1. The summed E-state index contributed by atoms with van der Waals surface area (Å²) in [6, 6.07) is -7.25. The van der Waals surface area contributed by atoms with E-state index in [1.54, 1.807) is 27.7 Å². The zero-order valence-corrected chi connectivity index (χ0v) is 43.9. The van der Waals surface area contributed by atoms with Crippen molar-refractivity contribution < 1.29 is 78.0 Å². The van der Waals surface area contributed by atoms with E-state index in [-0.39, 0.29) is 51.4 Å². The van der Waals surface area contributed by atoms with Crippen LogP contribution < -0.4 is 54.6 Å². The molecule has 4 amide bonds. The molecule has 1 aromatic heterocycles. The monoisotopic (exact) mass is 1090 g/mol. The number of nitrogens with one attached hydrogen (secondary N) is 7. The van der Waals surface area contributed by atoms with Gasteiger partial charge >= 0.3 is 29.6 Å². The molecule has 16 N–H and O–H groups in total. The summed E-state index contributed by atoms with van der Waals surface area (Å²) in [5, 5.41) is 69.5. The van der Waals surface area contributed by atoms with Crippen molar-refractivity contribution in [1.29, 1.82) is 0 Å². The highest BCUT2D eigenvalue weighted by Gasteiger charge is 2.54. The number of aromatic nitrogens is 2. The number of ether oxygens (including phenoxy) is 5. The van der Waals surface area contributed by atoms with Gasteiger partial charge in [-0.1, -0.05) is 60.8 Å². The number of unbranched alkanes of at least 4 members (excludes halogenated alkanes) is 2. The fraction of sp³-hybridized carbons (Fsp3) is 0.766. The molecule has 0 radical (unpaired) electrons. The minimum atomic E-state index is -1.93. The zero-order chi connectivity index (χ0) is 56.6. The Hall–Kier alpha value is -5.79. The predicted molar refractivity (Wildman–Crippen MR) is 268 cm³/mol. The molecule has 15 atom stereocenters. The van der Waals surface area contributed by atoms with Gasteiger partial charge < -0.3 is 92.6 Å². The Morgan fingerprint density at radius 2 is 1.55 bits per heavy atom. The molecule has 0 spiro atoms. The fourth-order valence-corrected chi connectivity index (χ4v) is 8.99. The highest BCUT2D eigenvalue weighted by atomic mass is 16.7. The van der Waals surface area contributed by atoms with Crippen LogP contribution in [0.5, 0.6) is 0 Å². The van der Waals surface area contributed by atoms with Gasteiger partial charge in [0.05, 0.1) is 6.04 Å². The van der Waals surface area contributed by atoms with E-state index < -0.39 is 150 Å². The minimum Gasteiger partial charge on any atom is -0.480 e. The number of aliphatic imine (C=N–C) groups is 1.